The van der Waals surface area contributed by atoms with E-state index in [1.54, 1.807) is 6.92 Å². The Bertz CT molecular complexity index is 586. The van der Waals surface area contributed by atoms with Gasteiger partial charge in [0.1, 0.15) is 42.7 Å². The molecule has 0 aliphatic carbocycles. The van der Waals surface area contributed by atoms with Gasteiger partial charge in [0.05, 0.1) is 6.61 Å². The molecule has 1 unspecified atom stereocenters. The van der Waals surface area contributed by atoms with Crippen molar-refractivity contribution in [1.29, 1.82) is 0 Å². The van der Waals surface area contributed by atoms with Gasteiger partial charge in [0.2, 0.25) is 6.29 Å². The van der Waals surface area contributed by atoms with Gasteiger partial charge in [-0.1, -0.05) is 6.92 Å². The molecule has 2 fully saturated rings. The summed E-state index contributed by atoms with van der Waals surface area (Å²) < 4.78 is 21.6. The van der Waals surface area contributed by atoms with Gasteiger partial charge >= 0.3 is 5.97 Å². The van der Waals surface area contributed by atoms with Crippen molar-refractivity contribution < 1.29 is 54.4 Å². The summed E-state index contributed by atoms with van der Waals surface area (Å²) in [6.07, 6.45) is -13.2. The molecule has 0 amide bonds. The molecule has 0 saturated carbocycles. The van der Waals surface area contributed by atoms with Gasteiger partial charge in [0, 0.05) is 6.42 Å². The van der Waals surface area contributed by atoms with Crippen molar-refractivity contribution in [2.75, 3.05) is 6.61 Å². The number of ether oxygens (including phenoxy) is 4. The number of hydrogen-bond acceptors (Lipinski definition) is 11. The highest BCUT2D eigenvalue weighted by atomic mass is 16.7. The van der Waals surface area contributed by atoms with Crippen LogP contribution in [-0.2, 0) is 23.7 Å². The van der Waals surface area contributed by atoms with Crippen LogP contribution < -0.4 is 0 Å². The molecule has 3 heterocycles. The first-order valence-corrected chi connectivity index (χ1v) is 8.54. The summed E-state index contributed by atoms with van der Waals surface area (Å²) >= 11 is 0. The third-order valence-corrected chi connectivity index (χ3v) is 4.77. The second-order valence-electron chi connectivity index (χ2n) is 6.54. The monoisotopic (exact) mass is 393 g/mol. The Hall–Kier alpha value is -1.38. The number of aliphatic hydroxyl groups is 5. The molecule has 3 aliphatic heterocycles. The molecule has 0 aromatic rings. The first kappa shape index (κ1) is 20.4. The lowest BCUT2D eigenvalue weighted by atomic mass is 9.96. The number of fused-ring (bicyclic) bond motifs is 1. The van der Waals surface area contributed by atoms with Crippen molar-refractivity contribution in [3.05, 3.63) is 0 Å². The summed E-state index contributed by atoms with van der Waals surface area (Å²) in [5, 5.41) is 58.7. The van der Waals surface area contributed by atoms with Crippen LogP contribution in [0.1, 0.15) is 13.3 Å². The molecule has 12 nitrogen and oxygen atoms in total. The first-order valence-electron chi connectivity index (χ1n) is 8.54. The minimum atomic E-state index is -1.87. The van der Waals surface area contributed by atoms with Crippen LogP contribution in [0.5, 0.6) is 0 Å². The minimum Gasteiger partial charge on any atom is -0.479 e. The molecule has 0 spiro atoms. The van der Waals surface area contributed by atoms with Gasteiger partial charge in [-0.3, -0.25) is 0 Å². The fraction of sp³-hybridized carbons (Fsp3) is 0.867. The number of carbonyl (C=O) groups is 1. The lowest BCUT2D eigenvalue weighted by molar-refractivity contribution is -0.331. The first-order chi connectivity index (χ1) is 12.8. The predicted molar refractivity (Wildman–Crippen MR) is 83.5 cm³/mol. The molecule has 12 heteroatoms. The van der Waals surface area contributed by atoms with Gasteiger partial charge in [0.15, 0.2) is 18.3 Å². The molecule has 0 radical (unpaired) electrons. The van der Waals surface area contributed by atoms with E-state index < -0.39 is 73.9 Å². The summed E-state index contributed by atoms with van der Waals surface area (Å²) in [5.41, 5.74) is 0. The fourth-order valence-electron chi connectivity index (χ4n) is 3.27. The Morgan fingerprint density at radius 2 is 1.81 bits per heavy atom. The zero-order chi connectivity index (χ0) is 19.9. The van der Waals surface area contributed by atoms with E-state index in [4.69, 9.17) is 24.1 Å². The molecule has 3 aliphatic rings. The van der Waals surface area contributed by atoms with Crippen molar-refractivity contribution in [2.24, 2.45) is 4.99 Å². The molecule has 6 N–H and O–H groups in total. The van der Waals surface area contributed by atoms with E-state index >= 15 is 0 Å². The van der Waals surface area contributed by atoms with Crippen LogP contribution in [0.3, 0.4) is 0 Å². The van der Waals surface area contributed by atoms with Crippen molar-refractivity contribution in [3.63, 3.8) is 0 Å². The molecule has 154 valence electrons. The van der Waals surface area contributed by atoms with Gasteiger partial charge < -0.3 is 49.6 Å². The van der Waals surface area contributed by atoms with Crippen LogP contribution in [0.25, 0.3) is 0 Å². The van der Waals surface area contributed by atoms with Gasteiger partial charge in [0.25, 0.3) is 0 Å². The van der Waals surface area contributed by atoms with Crippen LogP contribution in [0.15, 0.2) is 4.99 Å². The van der Waals surface area contributed by atoms with Crippen molar-refractivity contribution in [3.8, 4) is 0 Å². The van der Waals surface area contributed by atoms with Crippen LogP contribution in [-0.4, -0.2) is 110 Å². The molecule has 27 heavy (non-hydrogen) atoms. The molecule has 0 aromatic heterocycles. The highest BCUT2D eigenvalue weighted by molar-refractivity contribution is 5.77. The number of carboxylic acids is 1. The lowest BCUT2D eigenvalue weighted by Crippen LogP contribution is -2.64. The number of hydrogen-bond donors (Lipinski definition) is 6. The Labute approximate surface area is 153 Å². The Kier molecular flexibility index (Phi) is 5.98. The molecule has 0 aromatic carbocycles. The van der Waals surface area contributed by atoms with E-state index in [0.29, 0.717) is 12.3 Å². The third-order valence-electron chi connectivity index (χ3n) is 4.77. The number of aliphatic hydroxyl groups excluding tert-OH is 5. The smallest absolute Gasteiger partial charge is 0.335 e. The molecular formula is C15H23NO11. The van der Waals surface area contributed by atoms with E-state index in [1.807, 2.05) is 0 Å². The van der Waals surface area contributed by atoms with E-state index in [2.05, 4.69) is 4.99 Å². The highest BCUT2D eigenvalue weighted by Gasteiger charge is 2.54. The average Bonchev–Trinajstić information content (AvgIpc) is 3.06. The molecular weight excluding hydrogens is 370 g/mol. The molecule has 2 saturated heterocycles. The third kappa shape index (κ3) is 3.67. The van der Waals surface area contributed by atoms with Gasteiger partial charge in [-0.05, 0) is 0 Å². The Morgan fingerprint density at radius 3 is 2.41 bits per heavy atom. The van der Waals surface area contributed by atoms with Crippen molar-refractivity contribution >= 4 is 11.9 Å². The Morgan fingerprint density at radius 1 is 1.11 bits per heavy atom. The van der Waals surface area contributed by atoms with Crippen LogP contribution in [0.2, 0.25) is 0 Å². The van der Waals surface area contributed by atoms with Crippen LogP contribution >= 0.6 is 0 Å². The van der Waals surface area contributed by atoms with Gasteiger partial charge in [-0.25, -0.2) is 9.79 Å². The zero-order valence-corrected chi connectivity index (χ0v) is 14.4. The maximum atomic E-state index is 11.2. The summed E-state index contributed by atoms with van der Waals surface area (Å²) in [7, 11) is 0. The maximum Gasteiger partial charge on any atom is 0.335 e. The van der Waals surface area contributed by atoms with Gasteiger partial charge in [-0.15, -0.1) is 0 Å². The normalized spacial score (nSPS) is 47.1. The van der Waals surface area contributed by atoms with Crippen LogP contribution in [0.4, 0.5) is 0 Å². The van der Waals surface area contributed by atoms with Crippen molar-refractivity contribution in [1.82, 2.24) is 0 Å². The highest BCUT2D eigenvalue weighted by Crippen LogP contribution is 2.33. The second kappa shape index (κ2) is 7.93. The quantitative estimate of drug-likeness (QED) is 0.272. The van der Waals surface area contributed by atoms with E-state index in [-0.39, 0.29) is 0 Å². The SMILES string of the molecule is CCC1=N[C@H]2C(O1)O[C@H](CO)[C@@H](O)[C@@H]2O[C@@H]1O[C@H](C(=O)O)[C@@H](O)[C@H](O)[C@H]1O. The number of aliphatic carboxylic acids is 1. The maximum absolute atomic E-state index is 11.2. The summed E-state index contributed by atoms with van der Waals surface area (Å²) in [6.45, 7) is 1.23. The fourth-order valence-corrected chi connectivity index (χ4v) is 3.27. The second-order valence-corrected chi connectivity index (χ2v) is 6.54. The summed E-state index contributed by atoms with van der Waals surface area (Å²) in [5.74, 6) is -1.22. The standard InChI is InChI=1S/C15H23NO11/c1-2-5-16-6-11(7(18)4(3-17)24-14(6)25-5)26-15-10(21)8(19)9(20)12(27-15)13(22)23/h4,6-12,14-15,17-21H,2-3H2,1H3,(H,22,23)/t4-,6-,7-,8+,9+,10-,11-,12+,14?,15-/m1/s1. The predicted octanol–water partition coefficient (Wildman–Crippen LogP) is -3.45. The minimum absolute atomic E-state index is 0.341. The number of carboxylic acid groups (broad SMARTS) is 1. The average molecular weight is 393 g/mol. The number of aliphatic imine (C=N–C) groups is 1. The number of nitrogens with zero attached hydrogens (tertiary/aromatic N) is 1. The largest absolute Gasteiger partial charge is 0.479 e. The van der Waals surface area contributed by atoms with E-state index in [0.717, 1.165) is 0 Å². The van der Waals surface area contributed by atoms with E-state index in [1.165, 1.54) is 0 Å². The number of rotatable bonds is 5. The molecule has 10 atom stereocenters. The summed E-state index contributed by atoms with van der Waals surface area (Å²) in [6, 6.07) is -0.860. The topological polar surface area (TPSA) is 188 Å². The molecule has 3 rings (SSSR count). The Balaban J connectivity index is 1.82. The van der Waals surface area contributed by atoms with Crippen LogP contribution in [0, 0.1) is 0 Å². The summed E-state index contributed by atoms with van der Waals surface area (Å²) in [4.78, 5) is 15.4. The van der Waals surface area contributed by atoms with Gasteiger partial charge in [-0.2, -0.15) is 0 Å². The zero-order valence-electron chi connectivity index (χ0n) is 14.4. The van der Waals surface area contributed by atoms with Crippen molar-refractivity contribution in [2.45, 2.75) is 74.7 Å². The van der Waals surface area contributed by atoms with E-state index in [9.17, 15) is 30.3 Å². The molecule has 0 bridgehead atoms. The lowest BCUT2D eigenvalue weighted by Gasteiger charge is -2.44.